The summed E-state index contributed by atoms with van der Waals surface area (Å²) in [7, 11) is 1.65. The minimum Gasteiger partial charge on any atom is -0.368 e. The van der Waals surface area contributed by atoms with Crippen LogP contribution >= 0.6 is 23.2 Å². The van der Waals surface area contributed by atoms with Crippen molar-refractivity contribution in [3.63, 3.8) is 0 Å². The highest BCUT2D eigenvalue weighted by atomic mass is 35.5. The average Bonchev–Trinajstić information content (AvgIpc) is 2.11. The van der Waals surface area contributed by atoms with Crippen molar-refractivity contribution in [2.75, 3.05) is 7.05 Å². The fraction of sp³-hybridized carbons (Fsp3) is 0.222. The van der Waals surface area contributed by atoms with Gasteiger partial charge in [0.05, 0.1) is 10.0 Å². The zero-order valence-electron chi connectivity index (χ0n) is 7.55. The van der Waals surface area contributed by atoms with Gasteiger partial charge >= 0.3 is 0 Å². The van der Waals surface area contributed by atoms with E-state index in [1.807, 2.05) is 0 Å². The molecule has 0 saturated carbocycles. The first-order valence-electron chi connectivity index (χ1n) is 3.97. The molecule has 1 aromatic carbocycles. The Balaban J connectivity index is 3.06. The van der Waals surface area contributed by atoms with Crippen molar-refractivity contribution in [1.82, 2.24) is 5.32 Å². The number of nitrogens with two attached hydrogens (primary N) is 1. The van der Waals surface area contributed by atoms with Crippen molar-refractivity contribution >= 4 is 29.1 Å². The lowest BCUT2D eigenvalue weighted by Gasteiger charge is -2.12. The van der Waals surface area contributed by atoms with E-state index >= 15 is 0 Å². The maximum atomic E-state index is 11.0. The van der Waals surface area contributed by atoms with Crippen LogP contribution in [0.5, 0.6) is 0 Å². The first-order valence-corrected chi connectivity index (χ1v) is 4.73. The summed E-state index contributed by atoms with van der Waals surface area (Å²) in [5, 5.41) is 3.65. The van der Waals surface area contributed by atoms with Gasteiger partial charge in [0, 0.05) is 0 Å². The Morgan fingerprint density at radius 3 is 2.50 bits per heavy atom. The van der Waals surface area contributed by atoms with Crippen LogP contribution in [0.25, 0.3) is 0 Å². The van der Waals surface area contributed by atoms with Gasteiger partial charge in [-0.3, -0.25) is 4.79 Å². The molecule has 1 rings (SSSR count). The van der Waals surface area contributed by atoms with E-state index in [1.165, 1.54) is 0 Å². The molecule has 0 spiro atoms. The number of carbonyl (C=O) groups is 1. The minimum atomic E-state index is -0.537. The summed E-state index contributed by atoms with van der Waals surface area (Å²) in [5.74, 6) is -0.453. The van der Waals surface area contributed by atoms with E-state index in [0.29, 0.717) is 15.6 Å². The van der Waals surface area contributed by atoms with Crippen molar-refractivity contribution in [2.45, 2.75) is 6.04 Å². The van der Waals surface area contributed by atoms with Gasteiger partial charge in [-0.15, -0.1) is 0 Å². The third-order valence-corrected chi connectivity index (χ3v) is 2.59. The molecule has 1 amide bonds. The number of benzene rings is 1. The standard InChI is InChI=1S/C9H10Cl2N2O/c1-13-8(9(12)14)5-2-3-6(10)7(11)4-5/h2-4,8,13H,1H3,(H2,12,14). The average molecular weight is 233 g/mol. The van der Waals surface area contributed by atoms with E-state index in [0.717, 1.165) is 0 Å². The fourth-order valence-corrected chi connectivity index (χ4v) is 1.47. The quantitative estimate of drug-likeness (QED) is 0.835. The lowest BCUT2D eigenvalue weighted by Crippen LogP contribution is -2.31. The normalized spacial score (nSPS) is 12.5. The molecule has 5 heteroatoms. The van der Waals surface area contributed by atoms with Crippen LogP contribution in [0.3, 0.4) is 0 Å². The summed E-state index contributed by atoms with van der Waals surface area (Å²) in [6.45, 7) is 0. The second kappa shape index (κ2) is 4.64. The molecule has 76 valence electrons. The number of likely N-dealkylation sites (N-methyl/N-ethyl adjacent to an activating group) is 1. The molecule has 0 fully saturated rings. The van der Waals surface area contributed by atoms with Gasteiger partial charge in [-0.2, -0.15) is 0 Å². The maximum absolute atomic E-state index is 11.0. The summed E-state index contributed by atoms with van der Waals surface area (Å²) in [6, 6.07) is 4.42. The molecule has 1 atom stereocenters. The molecule has 1 aromatic rings. The highest BCUT2D eigenvalue weighted by Gasteiger charge is 2.15. The zero-order chi connectivity index (χ0) is 10.7. The van der Waals surface area contributed by atoms with E-state index in [9.17, 15) is 4.79 Å². The van der Waals surface area contributed by atoms with E-state index in [4.69, 9.17) is 28.9 Å². The van der Waals surface area contributed by atoms with Crippen LogP contribution in [-0.4, -0.2) is 13.0 Å². The molecule has 0 aromatic heterocycles. The molecule has 14 heavy (non-hydrogen) atoms. The smallest absolute Gasteiger partial charge is 0.239 e. The highest BCUT2D eigenvalue weighted by Crippen LogP contribution is 2.25. The summed E-state index contributed by atoms with van der Waals surface area (Å²) in [4.78, 5) is 11.0. The predicted octanol–water partition coefficient (Wildman–Crippen LogP) is 1.74. The number of hydrogen-bond acceptors (Lipinski definition) is 2. The van der Waals surface area contributed by atoms with E-state index in [-0.39, 0.29) is 0 Å². The third kappa shape index (κ3) is 2.38. The Morgan fingerprint density at radius 2 is 2.07 bits per heavy atom. The van der Waals surface area contributed by atoms with Gasteiger partial charge in [0.2, 0.25) is 5.91 Å². The number of carbonyl (C=O) groups excluding carboxylic acids is 1. The lowest BCUT2D eigenvalue weighted by molar-refractivity contribution is -0.120. The first kappa shape index (κ1) is 11.3. The first-order chi connectivity index (χ1) is 6.56. The van der Waals surface area contributed by atoms with Crippen molar-refractivity contribution in [2.24, 2.45) is 5.73 Å². The summed E-state index contributed by atoms with van der Waals surface area (Å²) in [5.41, 5.74) is 5.89. The van der Waals surface area contributed by atoms with Crippen LogP contribution in [0.1, 0.15) is 11.6 Å². The Bertz CT molecular complexity index is 355. The number of nitrogens with one attached hydrogen (secondary N) is 1. The van der Waals surface area contributed by atoms with Crippen molar-refractivity contribution in [3.05, 3.63) is 33.8 Å². The summed E-state index contributed by atoms with van der Waals surface area (Å²) < 4.78 is 0. The Kier molecular flexibility index (Phi) is 3.75. The van der Waals surface area contributed by atoms with Crippen molar-refractivity contribution in [3.8, 4) is 0 Å². The lowest BCUT2D eigenvalue weighted by atomic mass is 10.1. The van der Waals surface area contributed by atoms with E-state index in [1.54, 1.807) is 25.2 Å². The topological polar surface area (TPSA) is 55.1 Å². The molecule has 3 N–H and O–H groups in total. The van der Waals surface area contributed by atoms with E-state index in [2.05, 4.69) is 5.32 Å². The van der Waals surface area contributed by atoms with Gasteiger partial charge in [-0.25, -0.2) is 0 Å². The number of primary amides is 1. The Morgan fingerprint density at radius 1 is 1.43 bits per heavy atom. The molecule has 0 radical (unpaired) electrons. The SMILES string of the molecule is CNC(C(N)=O)c1ccc(Cl)c(Cl)c1. The molecule has 0 aliphatic heterocycles. The van der Waals surface area contributed by atoms with Crippen LogP contribution in [0.2, 0.25) is 10.0 Å². The van der Waals surface area contributed by atoms with Gasteiger partial charge in [-0.05, 0) is 24.7 Å². The highest BCUT2D eigenvalue weighted by molar-refractivity contribution is 6.42. The maximum Gasteiger partial charge on any atom is 0.239 e. The van der Waals surface area contributed by atoms with Gasteiger partial charge in [-0.1, -0.05) is 29.3 Å². The van der Waals surface area contributed by atoms with Crippen LogP contribution in [0, 0.1) is 0 Å². The van der Waals surface area contributed by atoms with E-state index < -0.39 is 11.9 Å². The molecule has 0 saturated heterocycles. The third-order valence-electron chi connectivity index (χ3n) is 1.85. The van der Waals surface area contributed by atoms with Crippen LogP contribution < -0.4 is 11.1 Å². The monoisotopic (exact) mass is 232 g/mol. The summed E-state index contributed by atoms with van der Waals surface area (Å²) in [6.07, 6.45) is 0. The Labute approximate surface area is 92.2 Å². The molecule has 0 heterocycles. The molecule has 0 aliphatic carbocycles. The predicted molar refractivity (Wildman–Crippen MR) is 57.5 cm³/mol. The molecule has 0 aliphatic rings. The molecule has 1 unspecified atom stereocenters. The fourth-order valence-electron chi connectivity index (χ4n) is 1.17. The number of halogens is 2. The largest absolute Gasteiger partial charge is 0.368 e. The number of amides is 1. The summed E-state index contributed by atoms with van der Waals surface area (Å²) >= 11 is 11.5. The molecule has 0 bridgehead atoms. The van der Waals surface area contributed by atoms with Crippen molar-refractivity contribution < 1.29 is 4.79 Å². The van der Waals surface area contributed by atoms with Gasteiger partial charge in [0.25, 0.3) is 0 Å². The van der Waals surface area contributed by atoms with Gasteiger partial charge in [0.15, 0.2) is 0 Å². The molecule has 3 nitrogen and oxygen atoms in total. The zero-order valence-corrected chi connectivity index (χ0v) is 9.06. The van der Waals surface area contributed by atoms with Crippen LogP contribution in [0.15, 0.2) is 18.2 Å². The van der Waals surface area contributed by atoms with Crippen LogP contribution in [-0.2, 0) is 4.79 Å². The van der Waals surface area contributed by atoms with Crippen LogP contribution in [0.4, 0.5) is 0 Å². The van der Waals surface area contributed by atoms with Gasteiger partial charge in [0.1, 0.15) is 6.04 Å². The number of rotatable bonds is 3. The molecular formula is C9H10Cl2N2O. The molecular weight excluding hydrogens is 223 g/mol. The number of hydrogen-bond donors (Lipinski definition) is 2. The van der Waals surface area contributed by atoms with Gasteiger partial charge < -0.3 is 11.1 Å². The second-order valence-electron chi connectivity index (χ2n) is 2.80. The second-order valence-corrected chi connectivity index (χ2v) is 3.61. The Hall–Kier alpha value is -0.770. The van der Waals surface area contributed by atoms with Crippen molar-refractivity contribution in [1.29, 1.82) is 0 Å². The minimum absolute atomic E-state index is 0.408.